The molecule has 4 heteroatoms. The van der Waals surface area contributed by atoms with Crippen molar-refractivity contribution in [1.29, 1.82) is 0 Å². The van der Waals surface area contributed by atoms with Gasteiger partial charge in [-0.25, -0.2) is 0 Å². The van der Waals surface area contributed by atoms with Crippen LogP contribution in [0.3, 0.4) is 0 Å². The molecule has 3 rings (SSSR count). The normalized spacial score (nSPS) is 11.4. The molecule has 4 N–H and O–H groups in total. The van der Waals surface area contributed by atoms with E-state index in [2.05, 4.69) is 63.2 Å². The van der Waals surface area contributed by atoms with Crippen molar-refractivity contribution in [3.05, 3.63) is 64.8 Å². The Morgan fingerprint density at radius 3 is 2.43 bits per heavy atom. The summed E-state index contributed by atoms with van der Waals surface area (Å²) in [5, 5.41) is 1.15. The van der Waals surface area contributed by atoms with Crippen LogP contribution in [0, 0.1) is 12.8 Å². The number of nitrogens with zero attached hydrogens (tertiary/aromatic N) is 1. The van der Waals surface area contributed by atoms with Crippen molar-refractivity contribution in [3.63, 3.8) is 0 Å². The van der Waals surface area contributed by atoms with E-state index in [0.29, 0.717) is 18.9 Å². The number of nitrogens with two attached hydrogens (primary N) is 2. The quantitative estimate of drug-likeness (QED) is 0.490. The van der Waals surface area contributed by atoms with Crippen LogP contribution in [-0.4, -0.2) is 10.9 Å². The van der Waals surface area contributed by atoms with Gasteiger partial charge in [-0.1, -0.05) is 49.7 Å². The van der Waals surface area contributed by atoms with E-state index in [1.165, 1.54) is 22.3 Å². The highest BCUT2D eigenvalue weighted by molar-refractivity contribution is 5.97. The maximum absolute atomic E-state index is 11.0. The van der Waals surface area contributed by atoms with Crippen molar-refractivity contribution >= 4 is 16.8 Å². The maximum atomic E-state index is 11.0. The second-order valence-corrected chi connectivity index (χ2v) is 8.61. The number of unbranched alkanes of at least 4 members (excludes halogenated alkanes) is 1. The van der Waals surface area contributed by atoms with Crippen LogP contribution < -0.4 is 11.5 Å². The van der Waals surface area contributed by atoms with E-state index in [-0.39, 0.29) is 5.91 Å². The molecule has 0 fully saturated rings. The minimum Gasteiger partial charge on any atom is -0.370 e. The standard InChI is InChI=1S/C26H33N3O/c1-17(2)14-24-22(16-27)26(20-11-8-18(3)9-12-20)21-15-19(10-13-23(21)29-24)6-4-5-7-25(28)30/h8-13,15,17H,4-7,14,16,27H2,1-3H3,(H2,28,30). The van der Waals surface area contributed by atoms with Crippen LogP contribution in [0.25, 0.3) is 22.0 Å². The monoisotopic (exact) mass is 403 g/mol. The fourth-order valence-electron chi connectivity index (χ4n) is 4.01. The lowest BCUT2D eigenvalue weighted by molar-refractivity contribution is -0.118. The first kappa shape index (κ1) is 22.0. The Morgan fingerprint density at radius 1 is 1.07 bits per heavy atom. The lowest BCUT2D eigenvalue weighted by atomic mass is 9.90. The first-order valence-electron chi connectivity index (χ1n) is 10.9. The summed E-state index contributed by atoms with van der Waals surface area (Å²) in [5.41, 5.74) is 19.7. The van der Waals surface area contributed by atoms with Gasteiger partial charge in [-0.3, -0.25) is 9.78 Å². The topological polar surface area (TPSA) is 82.0 Å². The molecule has 0 aliphatic rings. The van der Waals surface area contributed by atoms with Crippen LogP contribution in [-0.2, 0) is 24.2 Å². The number of aromatic nitrogens is 1. The molecule has 0 unspecified atom stereocenters. The van der Waals surface area contributed by atoms with Crippen LogP contribution >= 0.6 is 0 Å². The number of hydrogen-bond acceptors (Lipinski definition) is 3. The van der Waals surface area contributed by atoms with Crippen molar-refractivity contribution < 1.29 is 4.79 Å². The Hall–Kier alpha value is -2.72. The summed E-state index contributed by atoms with van der Waals surface area (Å²) >= 11 is 0. The number of primary amides is 1. The third-order valence-electron chi connectivity index (χ3n) is 5.52. The summed E-state index contributed by atoms with van der Waals surface area (Å²) < 4.78 is 0. The molecule has 1 aromatic heterocycles. The molecule has 2 aromatic carbocycles. The van der Waals surface area contributed by atoms with Gasteiger partial charge in [-0.15, -0.1) is 0 Å². The zero-order valence-electron chi connectivity index (χ0n) is 18.4. The van der Waals surface area contributed by atoms with Crippen molar-refractivity contribution in [3.8, 4) is 11.1 Å². The van der Waals surface area contributed by atoms with E-state index in [4.69, 9.17) is 16.5 Å². The van der Waals surface area contributed by atoms with Crippen LogP contribution in [0.2, 0.25) is 0 Å². The molecule has 0 atom stereocenters. The van der Waals surface area contributed by atoms with E-state index in [1.54, 1.807) is 0 Å². The van der Waals surface area contributed by atoms with Gasteiger partial charge in [0.25, 0.3) is 0 Å². The number of carbonyl (C=O) groups is 1. The van der Waals surface area contributed by atoms with Gasteiger partial charge in [0.1, 0.15) is 0 Å². The van der Waals surface area contributed by atoms with E-state index >= 15 is 0 Å². The zero-order chi connectivity index (χ0) is 21.7. The van der Waals surface area contributed by atoms with Crippen LogP contribution in [0.15, 0.2) is 42.5 Å². The molecular formula is C26H33N3O. The number of hydrogen-bond donors (Lipinski definition) is 2. The first-order valence-corrected chi connectivity index (χ1v) is 10.9. The Kier molecular flexibility index (Phi) is 7.22. The molecule has 30 heavy (non-hydrogen) atoms. The fourth-order valence-corrected chi connectivity index (χ4v) is 4.01. The molecule has 0 aliphatic heterocycles. The molecule has 1 heterocycles. The van der Waals surface area contributed by atoms with Crippen molar-refractivity contribution in [1.82, 2.24) is 4.98 Å². The average molecular weight is 404 g/mol. The molecule has 0 spiro atoms. The van der Waals surface area contributed by atoms with Gasteiger partial charge in [0.05, 0.1) is 5.52 Å². The van der Waals surface area contributed by atoms with Gasteiger partial charge in [-0.05, 0) is 72.9 Å². The summed E-state index contributed by atoms with van der Waals surface area (Å²) in [4.78, 5) is 16.0. The number of aryl methyl sites for hydroxylation is 2. The average Bonchev–Trinajstić information content (AvgIpc) is 2.70. The predicted octanol–water partition coefficient (Wildman–Crippen LogP) is 5.07. The van der Waals surface area contributed by atoms with E-state index in [9.17, 15) is 4.79 Å². The summed E-state index contributed by atoms with van der Waals surface area (Å²) in [5.74, 6) is 0.278. The molecule has 4 nitrogen and oxygen atoms in total. The van der Waals surface area contributed by atoms with Gasteiger partial charge in [-0.2, -0.15) is 0 Å². The minimum atomic E-state index is -0.232. The molecule has 158 valence electrons. The number of benzene rings is 2. The van der Waals surface area contributed by atoms with Crippen LogP contribution in [0.1, 0.15) is 55.5 Å². The van der Waals surface area contributed by atoms with Crippen LogP contribution in [0.4, 0.5) is 0 Å². The highest BCUT2D eigenvalue weighted by Gasteiger charge is 2.17. The fraction of sp³-hybridized carbons (Fsp3) is 0.385. The molecule has 1 amide bonds. The number of rotatable bonds is 9. The second-order valence-electron chi connectivity index (χ2n) is 8.61. The Bertz CT molecular complexity index is 1020. The summed E-state index contributed by atoms with van der Waals surface area (Å²) in [6.07, 6.45) is 4.03. The third kappa shape index (κ3) is 5.25. The van der Waals surface area contributed by atoms with Crippen molar-refractivity contribution in [2.24, 2.45) is 17.4 Å². The minimum absolute atomic E-state index is 0.232. The summed E-state index contributed by atoms with van der Waals surface area (Å²) in [7, 11) is 0. The second kappa shape index (κ2) is 9.86. The Morgan fingerprint density at radius 2 is 1.80 bits per heavy atom. The van der Waals surface area contributed by atoms with Crippen molar-refractivity contribution in [2.75, 3.05) is 0 Å². The molecular weight excluding hydrogens is 370 g/mol. The zero-order valence-corrected chi connectivity index (χ0v) is 18.4. The number of pyridine rings is 1. The highest BCUT2D eigenvalue weighted by atomic mass is 16.1. The van der Waals surface area contributed by atoms with E-state index < -0.39 is 0 Å². The highest BCUT2D eigenvalue weighted by Crippen LogP contribution is 2.35. The SMILES string of the molecule is Cc1ccc(-c2c(CN)c(CC(C)C)nc3ccc(CCCCC(N)=O)cc23)cc1. The lowest BCUT2D eigenvalue weighted by Crippen LogP contribution is -2.10. The summed E-state index contributed by atoms with van der Waals surface area (Å²) in [6, 6.07) is 15.2. The van der Waals surface area contributed by atoms with Crippen molar-refractivity contribution in [2.45, 2.75) is 59.4 Å². The third-order valence-corrected chi connectivity index (χ3v) is 5.52. The largest absolute Gasteiger partial charge is 0.370 e. The van der Waals surface area contributed by atoms with Crippen LogP contribution in [0.5, 0.6) is 0 Å². The Labute approximate surface area is 179 Å². The van der Waals surface area contributed by atoms with Gasteiger partial charge >= 0.3 is 0 Å². The van der Waals surface area contributed by atoms with Gasteiger partial charge < -0.3 is 11.5 Å². The molecule has 0 radical (unpaired) electrons. The lowest BCUT2D eigenvalue weighted by Gasteiger charge is -2.18. The molecule has 0 saturated heterocycles. The van der Waals surface area contributed by atoms with E-state index in [1.807, 2.05) is 0 Å². The number of fused-ring (bicyclic) bond motifs is 1. The van der Waals surface area contributed by atoms with Gasteiger partial charge in [0.2, 0.25) is 5.91 Å². The van der Waals surface area contributed by atoms with E-state index in [0.717, 1.165) is 47.8 Å². The first-order chi connectivity index (χ1) is 14.4. The molecule has 0 saturated carbocycles. The molecule has 0 bridgehead atoms. The van der Waals surface area contributed by atoms with Gasteiger partial charge in [0, 0.05) is 24.0 Å². The maximum Gasteiger partial charge on any atom is 0.217 e. The number of carbonyl (C=O) groups excluding carboxylic acids is 1. The van der Waals surface area contributed by atoms with Gasteiger partial charge in [0.15, 0.2) is 0 Å². The molecule has 0 aliphatic carbocycles. The predicted molar refractivity (Wildman–Crippen MR) is 125 cm³/mol. The molecule has 3 aromatic rings. The summed E-state index contributed by atoms with van der Waals surface area (Å²) in [6.45, 7) is 7.00. The Balaban J connectivity index is 2.11. The smallest absolute Gasteiger partial charge is 0.217 e. The number of amides is 1.